The van der Waals surface area contributed by atoms with Crippen molar-refractivity contribution in [3.8, 4) is 11.3 Å². The number of hydrogen-bond donors (Lipinski definition) is 1. The molecule has 2 N–H and O–H groups in total. The van der Waals surface area contributed by atoms with Gasteiger partial charge in [0.2, 0.25) is 0 Å². The van der Waals surface area contributed by atoms with Crippen LogP contribution < -0.4 is 5.73 Å². The summed E-state index contributed by atoms with van der Waals surface area (Å²) >= 11 is 0. The molecule has 0 bridgehead atoms. The summed E-state index contributed by atoms with van der Waals surface area (Å²) in [4.78, 5) is 12.4. The molecule has 0 amide bonds. The molecule has 0 atom stereocenters. The van der Waals surface area contributed by atoms with Crippen molar-refractivity contribution < 1.29 is 0 Å². The van der Waals surface area contributed by atoms with E-state index in [-0.39, 0.29) is 0 Å². The Labute approximate surface area is 123 Å². The molecule has 0 radical (unpaired) electrons. The topological polar surface area (TPSA) is 74.5 Å². The molecule has 0 fully saturated rings. The molecule has 0 saturated carbocycles. The second-order valence-corrected chi connectivity index (χ2v) is 4.92. The molecular formula is C15H18N6. The molecule has 0 aliphatic heterocycles. The third kappa shape index (κ3) is 3.10. The Hall–Kier alpha value is -2.63. The van der Waals surface area contributed by atoms with Gasteiger partial charge in [-0.2, -0.15) is 0 Å². The minimum atomic E-state index is 0.540. The minimum Gasteiger partial charge on any atom is -0.383 e. The highest BCUT2D eigenvalue weighted by molar-refractivity contribution is 5.70. The van der Waals surface area contributed by atoms with Crippen LogP contribution in [0.1, 0.15) is 12.8 Å². The highest BCUT2D eigenvalue weighted by atomic mass is 15.1. The van der Waals surface area contributed by atoms with Crippen molar-refractivity contribution in [2.45, 2.75) is 25.9 Å². The number of unbranched alkanes of at least 4 members (excludes halogenated alkanes) is 1. The van der Waals surface area contributed by atoms with E-state index in [1.807, 2.05) is 37.2 Å². The number of nitrogens with zero attached hydrogens (tertiary/aromatic N) is 5. The van der Waals surface area contributed by atoms with E-state index in [1.54, 1.807) is 12.4 Å². The Bertz CT molecular complexity index is 686. The predicted octanol–water partition coefficient (Wildman–Crippen LogP) is 2.20. The largest absolute Gasteiger partial charge is 0.383 e. The van der Waals surface area contributed by atoms with Crippen molar-refractivity contribution in [1.82, 2.24) is 24.1 Å². The fraction of sp³-hybridized carbons (Fsp3) is 0.267. The molecule has 0 aliphatic carbocycles. The standard InChI is InChI=1S/C15H18N6/c16-15-13(4-3-5-19-15)14-10-18-12-21(14)8-2-1-7-20-9-6-17-11-20/h3-6,9-12H,1-2,7-8H2,(H2,16,19). The Morgan fingerprint density at radius 2 is 1.95 bits per heavy atom. The van der Waals surface area contributed by atoms with Gasteiger partial charge in [-0.15, -0.1) is 0 Å². The van der Waals surface area contributed by atoms with Gasteiger partial charge in [0.25, 0.3) is 0 Å². The van der Waals surface area contributed by atoms with Gasteiger partial charge in [-0.25, -0.2) is 15.0 Å². The lowest BCUT2D eigenvalue weighted by Crippen LogP contribution is -2.03. The molecule has 0 unspecified atom stereocenters. The van der Waals surface area contributed by atoms with Crippen LogP contribution in [0, 0.1) is 0 Å². The van der Waals surface area contributed by atoms with E-state index in [9.17, 15) is 0 Å². The van der Waals surface area contributed by atoms with Crippen molar-refractivity contribution in [3.05, 3.63) is 49.6 Å². The van der Waals surface area contributed by atoms with Crippen molar-refractivity contribution in [1.29, 1.82) is 0 Å². The first-order chi connectivity index (χ1) is 10.3. The summed E-state index contributed by atoms with van der Waals surface area (Å²) < 4.78 is 4.22. The van der Waals surface area contributed by atoms with Crippen LogP contribution in [-0.2, 0) is 13.1 Å². The van der Waals surface area contributed by atoms with Gasteiger partial charge < -0.3 is 14.9 Å². The maximum atomic E-state index is 5.94. The number of nitrogen functional groups attached to an aromatic ring is 1. The maximum absolute atomic E-state index is 5.94. The minimum absolute atomic E-state index is 0.540. The van der Waals surface area contributed by atoms with E-state index < -0.39 is 0 Å². The molecule has 0 aromatic carbocycles. The van der Waals surface area contributed by atoms with E-state index in [1.165, 1.54) is 0 Å². The molecule has 3 aromatic heterocycles. The van der Waals surface area contributed by atoms with Gasteiger partial charge in [0, 0.05) is 37.2 Å². The Kier molecular flexibility index (Phi) is 3.95. The fourth-order valence-corrected chi connectivity index (χ4v) is 2.35. The first-order valence-electron chi connectivity index (χ1n) is 7.01. The van der Waals surface area contributed by atoms with Crippen LogP contribution in [-0.4, -0.2) is 24.1 Å². The molecular weight excluding hydrogens is 264 g/mol. The Balaban J connectivity index is 1.62. The molecule has 3 aromatic rings. The zero-order chi connectivity index (χ0) is 14.5. The zero-order valence-corrected chi connectivity index (χ0v) is 11.8. The number of pyridine rings is 1. The molecule has 0 saturated heterocycles. The first kappa shape index (κ1) is 13.4. The normalized spacial score (nSPS) is 10.9. The van der Waals surface area contributed by atoms with Gasteiger partial charge in [0.05, 0.1) is 24.5 Å². The number of rotatable bonds is 6. The SMILES string of the molecule is Nc1ncccc1-c1cncn1CCCCn1ccnc1. The van der Waals surface area contributed by atoms with Gasteiger partial charge >= 0.3 is 0 Å². The second kappa shape index (κ2) is 6.21. The van der Waals surface area contributed by atoms with Crippen LogP contribution in [0.3, 0.4) is 0 Å². The average Bonchev–Trinajstić information content (AvgIpc) is 3.16. The van der Waals surface area contributed by atoms with Crippen LogP contribution in [0.15, 0.2) is 49.6 Å². The average molecular weight is 282 g/mol. The fourth-order valence-electron chi connectivity index (χ4n) is 2.35. The van der Waals surface area contributed by atoms with Gasteiger partial charge in [-0.1, -0.05) is 0 Å². The predicted molar refractivity (Wildman–Crippen MR) is 81.3 cm³/mol. The monoisotopic (exact) mass is 282 g/mol. The van der Waals surface area contributed by atoms with Gasteiger partial charge in [-0.05, 0) is 25.0 Å². The Morgan fingerprint density at radius 1 is 1.05 bits per heavy atom. The van der Waals surface area contributed by atoms with E-state index >= 15 is 0 Å². The van der Waals surface area contributed by atoms with Crippen LogP contribution >= 0.6 is 0 Å². The smallest absolute Gasteiger partial charge is 0.132 e. The Morgan fingerprint density at radius 3 is 2.76 bits per heavy atom. The highest BCUT2D eigenvalue weighted by Gasteiger charge is 2.08. The summed E-state index contributed by atoms with van der Waals surface area (Å²) in [5, 5.41) is 0. The number of aromatic nitrogens is 5. The highest BCUT2D eigenvalue weighted by Crippen LogP contribution is 2.23. The van der Waals surface area contributed by atoms with E-state index in [0.29, 0.717) is 5.82 Å². The van der Waals surface area contributed by atoms with Crippen LogP contribution in [0.4, 0.5) is 5.82 Å². The van der Waals surface area contributed by atoms with Crippen molar-refractivity contribution in [3.63, 3.8) is 0 Å². The molecule has 0 spiro atoms. The molecule has 0 aliphatic rings. The van der Waals surface area contributed by atoms with Gasteiger partial charge in [0.1, 0.15) is 5.82 Å². The number of anilines is 1. The number of nitrogens with two attached hydrogens (primary N) is 1. The molecule has 3 heterocycles. The lowest BCUT2D eigenvalue weighted by atomic mass is 10.2. The maximum Gasteiger partial charge on any atom is 0.132 e. The summed E-state index contributed by atoms with van der Waals surface area (Å²) in [6.45, 7) is 1.90. The van der Waals surface area contributed by atoms with Crippen molar-refractivity contribution in [2.24, 2.45) is 0 Å². The lowest BCUT2D eigenvalue weighted by Gasteiger charge is -2.09. The molecule has 3 rings (SSSR count). The summed E-state index contributed by atoms with van der Waals surface area (Å²) in [5.41, 5.74) is 7.89. The van der Waals surface area contributed by atoms with Gasteiger partial charge in [0.15, 0.2) is 0 Å². The van der Waals surface area contributed by atoms with Crippen LogP contribution in [0.2, 0.25) is 0 Å². The summed E-state index contributed by atoms with van der Waals surface area (Å²) in [5.74, 6) is 0.540. The van der Waals surface area contributed by atoms with E-state index in [0.717, 1.165) is 37.2 Å². The molecule has 6 nitrogen and oxygen atoms in total. The molecule has 6 heteroatoms. The van der Waals surface area contributed by atoms with Crippen molar-refractivity contribution >= 4 is 5.82 Å². The summed E-state index contributed by atoms with van der Waals surface area (Å²) in [6.07, 6.45) is 13.2. The van der Waals surface area contributed by atoms with E-state index in [4.69, 9.17) is 5.73 Å². The number of imidazole rings is 2. The molecule has 21 heavy (non-hydrogen) atoms. The van der Waals surface area contributed by atoms with Crippen molar-refractivity contribution in [2.75, 3.05) is 5.73 Å². The second-order valence-electron chi connectivity index (χ2n) is 4.92. The van der Waals surface area contributed by atoms with E-state index in [2.05, 4.69) is 24.1 Å². The quantitative estimate of drug-likeness (QED) is 0.703. The number of aryl methyl sites for hydroxylation is 2. The first-order valence-corrected chi connectivity index (χ1v) is 7.01. The zero-order valence-electron chi connectivity index (χ0n) is 11.8. The van der Waals surface area contributed by atoms with Crippen LogP contribution in [0.5, 0.6) is 0 Å². The van der Waals surface area contributed by atoms with Crippen LogP contribution in [0.25, 0.3) is 11.3 Å². The lowest BCUT2D eigenvalue weighted by molar-refractivity contribution is 0.555. The molecule has 108 valence electrons. The summed E-state index contributed by atoms with van der Waals surface area (Å²) in [6, 6.07) is 3.86. The number of hydrogen-bond acceptors (Lipinski definition) is 4. The third-order valence-electron chi connectivity index (χ3n) is 3.45. The van der Waals surface area contributed by atoms with Gasteiger partial charge in [-0.3, -0.25) is 0 Å². The summed E-state index contributed by atoms with van der Waals surface area (Å²) in [7, 11) is 0. The third-order valence-corrected chi connectivity index (χ3v) is 3.45.